The van der Waals surface area contributed by atoms with Crippen molar-refractivity contribution in [2.24, 2.45) is 0 Å². The minimum Gasteiger partial charge on any atom is -0.394 e. The Balaban J connectivity index is 0.000000331. The standard InChI is InChI=1S/2C7H7.2C5H4N.Ni/c2*1-7-5-3-2-4-6-7;2*1-2-4-6-5-3-1;/h2*2-6H,1H2;2*1-4H;/q4*-1;. The minimum atomic E-state index is 0. The van der Waals surface area contributed by atoms with Crippen LogP contribution < -0.4 is 0 Å². The van der Waals surface area contributed by atoms with Gasteiger partial charge in [-0.3, -0.25) is 0 Å². The van der Waals surface area contributed by atoms with Crippen LogP contribution in [0.2, 0.25) is 0 Å². The maximum Gasteiger partial charge on any atom is 0 e. The molecule has 2 heterocycles. The van der Waals surface area contributed by atoms with Gasteiger partial charge in [0.05, 0.1) is 0 Å². The van der Waals surface area contributed by atoms with Gasteiger partial charge in [0.15, 0.2) is 0 Å². The fraction of sp³-hybridized carbons (Fsp3) is 0. The van der Waals surface area contributed by atoms with Crippen molar-refractivity contribution in [3.63, 3.8) is 0 Å². The summed E-state index contributed by atoms with van der Waals surface area (Å²) >= 11 is 0. The normalized spacial score (nSPS) is 8.00. The van der Waals surface area contributed by atoms with E-state index in [2.05, 4.69) is 36.2 Å². The summed E-state index contributed by atoms with van der Waals surface area (Å²) in [5, 5.41) is 0. The molecule has 0 radical (unpaired) electrons. The summed E-state index contributed by atoms with van der Waals surface area (Å²) in [6, 6.07) is 30.8. The minimum absolute atomic E-state index is 0. The number of nitrogens with zero attached hydrogens (tertiary/aromatic N) is 2. The number of pyridine rings is 2. The molecule has 0 aliphatic rings. The molecule has 0 atom stereocenters. The smallest absolute Gasteiger partial charge is 0 e. The summed E-state index contributed by atoms with van der Waals surface area (Å²) in [5.41, 5.74) is 2.14. The number of rotatable bonds is 0. The number of hydrogen-bond acceptors (Lipinski definition) is 2. The number of aromatic nitrogens is 2. The zero-order valence-corrected chi connectivity index (χ0v) is 16.0. The van der Waals surface area contributed by atoms with Gasteiger partial charge in [0.1, 0.15) is 0 Å². The van der Waals surface area contributed by atoms with Crippen molar-refractivity contribution in [1.29, 1.82) is 0 Å². The molecule has 0 bridgehead atoms. The van der Waals surface area contributed by atoms with E-state index in [9.17, 15) is 0 Å². The van der Waals surface area contributed by atoms with Crippen molar-refractivity contribution in [2.45, 2.75) is 0 Å². The third-order valence-corrected chi connectivity index (χ3v) is 2.72. The van der Waals surface area contributed by atoms with Gasteiger partial charge in [-0.1, -0.05) is 36.9 Å². The van der Waals surface area contributed by atoms with Gasteiger partial charge in [0.25, 0.3) is 0 Å². The second kappa shape index (κ2) is 17.8. The fourth-order valence-corrected chi connectivity index (χ4v) is 1.51. The maximum absolute atomic E-state index is 3.72. The Morgan fingerprint density at radius 2 is 0.889 bits per heavy atom. The van der Waals surface area contributed by atoms with Crippen LogP contribution in [-0.4, -0.2) is 9.97 Å². The first-order valence-corrected chi connectivity index (χ1v) is 8.07. The van der Waals surface area contributed by atoms with Crippen LogP contribution in [0.5, 0.6) is 0 Å². The van der Waals surface area contributed by atoms with E-state index in [4.69, 9.17) is 0 Å². The van der Waals surface area contributed by atoms with Crippen LogP contribution in [0.25, 0.3) is 0 Å². The summed E-state index contributed by atoms with van der Waals surface area (Å²) in [4.78, 5) is 7.32. The third-order valence-electron chi connectivity index (χ3n) is 2.72. The zero-order chi connectivity index (χ0) is 18.7. The molecule has 0 aliphatic heterocycles. The van der Waals surface area contributed by atoms with E-state index in [1.807, 2.05) is 84.9 Å². The predicted molar refractivity (Wildman–Crippen MR) is 108 cm³/mol. The van der Waals surface area contributed by atoms with E-state index >= 15 is 0 Å². The first-order valence-electron chi connectivity index (χ1n) is 8.07. The first kappa shape index (κ1) is 24.0. The molecule has 0 unspecified atom stereocenters. The molecule has 0 N–H and O–H groups in total. The van der Waals surface area contributed by atoms with Gasteiger partial charge >= 0.3 is 0 Å². The summed E-state index contributed by atoms with van der Waals surface area (Å²) < 4.78 is 0. The van der Waals surface area contributed by atoms with Gasteiger partial charge in [-0.2, -0.15) is 85.6 Å². The summed E-state index contributed by atoms with van der Waals surface area (Å²) in [6.07, 6.45) is 8.67. The topological polar surface area (TPSA) is 25.8 Å². The van der Waals surface area contributed by atoms with Crippen molar-refractivity contribution in [3.05, 3.63) is 147 Å². The van der Waals surface area contributed by atoms with Crippen LogP contribution >= 0.6 is 0 Å². The Morgan fingerprint density at radius 3 is 1.00 bits per heavy atom. The molecule has 2 aromatic heterocycles. The summed E-state index contributed by atoms with van der Waals surface area (Å²) in [6.45, 7) is 7.44. The average molecular weight is 397 g/mol. The predicted octanol–water partition coefficient (Wildman–Crippen LogP) is 5.50. The molecule has 27 heavy (non-hydrogen) atoms. The maximum atomic E-state index is 3.72. The molecule has 0 aliphatic carbocycles. The van der Waals surface area contributed by atoms with Crippen molar-refractivity contribution < 1.29 is 16.5 Å². The fourth-order valence-electron chi connectivity index (χ4n) is 1.51. The van der Waals surface area contributed by atoms with Gasteiger partial charge in [0, 0.05) is 16.5 Å². The SMILES string of the molecule is [CH2-]c1ccccc1.[CH2-]c1ccccc1.[Ni].[c-]1ccccn1.[c-]1ccccn1. The monoisotopic (exact) mass is 396 g/mol. The molecule has 4 rings (SSSR count). The van der Waals surface area contributed by atoms with E-state index < -0.39 is 0 Å². The van der Waals surface area contributed by atoms with Gasteiger partial charge in [-0.15, -0.1) is 24.3 Å². The molecule has 3 heteroatoms. The molecular formula is C24H22N2Ni-4. The summed E-state index contributed by atoms with van der Waals surface area (Å²) in [7, 11) is 0. The quantitative estimate of drug-likeness (QED) is 0.289. The van der Waals surface area contributed by atoms with Crippen molar-refractivity contribution in [2.75, 3.05) is 0 Å². The number of hydrogen-bond donors (Lipinski definition) is 0. The molecule has 142 valence electrons. The molecular weight excluding hydrogens is 375 g/mol. The van der Waals surface area contributed by atoms with Crippen LogP contribution in [0.4, 0.5) is 0 Å². The third kappa shape index (κ3) is 16.2. The second-order valence-electron chi connectivity index (χ2n) is 4.89. The molecule has 0 amide bonds. The first-order chi connectivity index (χ1) is 12.8. The number of benzene rings is 2. The Labute approximate surface area is 173 Å². The summed E-state index contributed by atoms with van der Waals surface area (Å²) in [5.74, 6) is 0. The van der Waals surface area contributed by atoms with Crippen molar-refractivity contribution in [1.82, 2.24) is 9.97 Å². The van der Waals surface area contributed by atoms with Gasteiger partial charge < -0.3 is 9.97 Å². The van der Waals surface area contributed by atoms with E-state index in [1.54, 1.807) is 24.5 Å². The molecule has 2 nitrogen and oxygen atoms in total. The molecule has 4 aromatic rings. The van der Waals surface area contributed by atoms with Crippen LogP contribution in [0.3, 0.4) is 0 Å². The molecule has 0 saturated heterocycles. The van der Waals surface area contributed by atoms with Crippen molar-refractivity contribution in [3.8, 4) is 0 Å². The van der Waals surface area contributed by atoms with Gasteiger partial charge in [-0.05, 0) is 0 Å². The largest absolute Gasteiger partial charge is 0.394 e. The van der Waals surface area contributed by atoms with E-state index in [0.717, 1.165) is 11.1 Å². The van der Waals surface area contributed by atoms with E-state index in [1.165, 1.54) is 0 Å². The van der Waals surface area contributed by atoms with Gasteiger partial charge in [-0.25, -0.2) is 0 Å². The molecule has 0 saturated carbocycles. The Hall–Kier alpha value is -3.03. The molecule has 0 spiro atoms. The van der Waals surface area contributed by atoms with Crippen LogP contribution in [0.15, 0.2) is 109 Å². The Morgan fingerprint density at radius 1 is 0.519 bits per heavy atom. The molecule has 2 aromatic carbocycles. The van der Waals surface area contributed by atoms with E-state index in [0.29, 0.717) is 0 Å². The van der Waals surface area contributed by atoms with Gasteiger partial charge in [0.2, 0.25) is 0 Å². The second-order valence-corrected chi connectivity index (χ2v) is 4.89. The zero-order valence-electron chi connectivity index (χ0n) is 15.0. The Kier molecular flexibility index (Phi) is 15.8. The van der Waals surface area contributed by atoms with Crippen LogP contribution in [0.1, 0.15) is 11.1 Å². The van der Waals surface area contributed by atoms with Crippen LogP contribution in [-0.2, 0) is 16.5 Å². The Bertz CT molecular complexity index is 626. The average Bonchev–Trinajstić information content (AvgIpc) is 2.73. The van der Waals surface area contributed by atoms with Crippen molar-refractivity contribution >= 4 is 0 Å². The van der Waals surface area contributed by atoms with Crippen LogP contribution in [0, 0.1) is 26.2 Å². The van der Waals surface area contributed by atoms with E-state index in [-0.39, 0.29) is 16.5 Å². The molecule has 0 fully saturated rings.